The van der Waals surface area contributed by atoms with Crippen LogP contribution in [0.25, 0.3) is 0 Å². The zero-order valence-corrected chi connectivity index (χ0v) is 16.2. The first-order valence-electron chi connectivity index (χ1n) is 8.41. The number of ether oxygens (including phenoxy) is 2. The van der Waals surface area contributed by atoms with Gasteiger partial charge in [0.25, 0.3) is 0 Å². The summed E-state index contributed by atoms with van der Waals surface area (Å²) in [7, 11) is -1.68. The molecule has 1 aliphatic rings. The topological polar surface area (TPSA) is 77.5 Å². The number of pyridine rings is 1. The van der Waals surface area contributed by atoms with Gasteiger partial charge in [0.2, 0.25) is 15.9 Å². The number of rotatable bonds is 7. The molecule has 7 heteroatoms. The fraction of sp³-hybridized carbons (Fsp3) is 0.421. The SMILES string of the molecule is COc1ccc(OC[C@H]2[C@H](c3ccc(NS(C)(=O)=O)cc3)C2(C)C)cn1. The quantitative estimate of drug-likeness (QED) is 0.802. The lowest BCUT2D eigenvalue weighted by molar-refractivity contribution is 0.277. The fourth-order valence-corrected chi connectivity index (χ4v) is 4.01. The Morgan fingerprint density at radius 2 is 1.85 bits per heavy atom. The number of anilines is 1. The molecule has 1 aromatic carbocycles. The van der Waals surface area contributed by atoms with Crippen LogP contribution in [-0.2, 0) is 10.0 Å². The molecule has 3 rings (SSSR count). The van der Waals surface area contributed by atoms with Crippen molar-refractivity contribution < 1.29 is 17.9 Å². The first kappa shape index (κ1) is 18.5. The van der Waals surface area contributed by atoms with E-state index < -0.39 is 10.0 Å². The van der Waals surface area contributed by atoms with Crippen molar-refractivity contribution in [1.82, 2.24) is 4.98 Å². The lowest BCUT2D eigenvalue weighted by Crippen LogP contribution is -2.09. The van der Waals surface area contributed by atoms with E-state index in [4.69, 9.17) is 9.47 Å². The Bertz CT molecular complexity index is 861. The Balaban J connectivity index is 1.63. The molecule has 0 amide bonds. The molecule has 140 valence electrons. The van der Waals surface area contributed by atoms with E-state index >= 15 is 0 Å². The number of nitrogens with zero attached hydrogens (tertiary/aromatic N) is 1. The van der Waals surface area contributed by atoms with E-state index in [1.165, 1.54) is 5.56 Å². The van der Waals surface area contributed by atoms with E-state index in [1.807, 2.05) is 18.2 Å². The van der Waals surface area contributed by atoms with Crippen LogP contribution in [0.4, 0.5) is 5.69 Å². The molecule has 0 saturated heterocycles. The highest BCUT2D eigenvalue weighted by Gasteiger charge is 2.58. The van der Waals surface area contributed by atoms with Crippen molar-refractivity contribution >= 4 is 15.7 Å². The van der Waals surface area contributed by atoms with Crippen LogP contribution in [0, 0.1) is 11.3 Å². The summed E-state index contributed by atoms with van der Waals surface area (Å²) in [4.78, 5) is 4.14. The maximum atomic E-state index is 11.3. The average Bonchev–Trinajstić information content (AvgIpc) is 3.13. The van der Waals surface area contributed by atoms with E-state index in [-0.39, 0.29) is 5.41 Å². The Kier molecular flexibility index (Phi) is 4.84. The maximum absolute atomic E-state index is 11.3. The Hall–Kier alpha value is -2.28. The normalized spacial score (nSPS) is 21.1. The summed E-state index contributed by atoms with van der Waals surface area (Å²) in [5.41, 5.74) is 1.90. The molecular weight excluding hydrogens is 352 g/mol. The Morgan fingerprint density at radius 3 is 2.38 bits per heavy atom. The van der Waals surface area contributed by atoms with Crippen LogP contribution < -0.4 is 14.2 Å². The molecule has 1 aromatic heterocycles. The molecule has 1 saturated carbocycles. The minimum atomic E-state index is -3.26. The molecule has 1 heterocycles. The Morgan fingerprint density at radius 1 is 1.15 bits per heavy atom. The number of hydrogen-bond acceptors (Lipinski definition) is 5. The van der Waals surface area contributed by atoms with E-state index in [1.54, 1.807) is 31.5 Å². The number of benzene rings is 1. The molecule has 26 heavy (non-hydrogen) atoms. The summed E-state index contributed by atoms with van der Waals surface area (Å²) in [5.74, 6) is 2.05. The van der Waals surface area contributed by atoms with E-state index in [0.717, 1.165) is 12.0 Å². The molecule has 0 spiro atoms. The lowest BCUT2D eigenvalue weighted by atomic mass is 10.0. The van der Waals surface area contributed by atoms with Gasteiger partial charge < -0.3 is 9.47 Å². The van der Waals surface area contributed by atoms with Gasteiger partial charge in [0, 0.05) is 17.7 Å². The van der Waals surface area contributed by atoms with Gasteiger partial charge in [0.1, 0.15) is 5.75 Å². The van der Waals surface area contributed by atoms with Crippen molar-refractivity contribution in [3.63, 3.8) is 0 Å². The van der Waals surface area contributed by atoms with E-state index in [9.17, 15) is 8.42 Å². The number of hydrogen-bond donors (Lipinski definition) is 1. The second-order valence-corrected chi connectivity index (χ2v) is 9.00. The highest BCUT2D eigenvalue weighted by molar-refractivity contribution is 7.92. The van der Waals surface area contributed by atoms with Gasteiger partial charge in [0.15, 0.2) is 0 Å². The van der Waals surface area contributed by atoms with Crippen LogP contribution >= 0.6 is 0 Å². The molecule has 1 fully saturated rings. The van der Waals surface area contributed by atoms with Crippen molar-refractivity contribution in [3.8, 4) is 11.6 Å². The molecule has 6 nitrogen and oxygen atoms in total. The van der Waals surface area contributed by atoms with Gasteiger partial charge in [-0.1, -0.05) is 26.0 Å². The van der Waals surface area contributed by atoms with Crippen LogP contribution in [0.5, 0.6) is 11.6 Å². The van der Waals surface area contributed by atoms with Gasteiger partial charge >= 0.3 is 0 Å². The molecule has 0 unspecified atom stereocenters. The largest absolute Gasteiger partial charge is 0.492 e. The second-order valence-electron chi connectivity index (χ2n) is 7.25. The summed E-state index contributed by atoms with van der Waals surface area (Å²) >= 11 is 0. The van der Waals surface area contributed by atoms with Crippen LogP contribution in [-0.4, -0.2) is 33.4 Å². The standard InChI is InChI=1S/C19H24N2O4S/c1-19(2)16(12-25-15-9-10-17(24-3)20-11-15)18(19)13-5-7-14(8-6-13)21-26(4,22)23/h5-11,16,18,21H,12H2,1-4H3/t16-,18-/m0/s1. The zero-order valence-electron chi connectivity index (χ0n) is 15.4. The van der Waals surface area contributed by atoms with Crippen LogP contribution in [0.15, 0.2) is 42.6 Å². The van der Waals surface area contributed by atoms with Crippen LogP contribution in [0.1, 0.15) is 25.3 Å². The summed E-state index contributed by atoms with van der Waals surface area (Å²) in [6.45, 7) is 5.05. The van der Waals surface area contributed by atoms with Crippen molar-refractivity contribution in [1.29, 1.82) is 0 Å². The summed E-state index contributed by atoms with van der Waals surface area (Å²) in [5, 5.41) is 0. The number of methoxy groups -OCH3 is 1. The van der Waals surface area contributed by atoms with Crippen molar-refractivity contribution in [2.75, 3.05) is 24.7 Å². The molecule has 1 aliphatic carbocycles. The first-order chi connectivity index (χ1) is 12.2. The van der Waals surface area contributed by atoms with Crippen LogP contribution in [0.3, 0.4) is 0 Å². The predicted octanol–water partition coefficient (Wildman–Crippen LogP) is 3.28. The molecule has 0 bridgehead atoms. The number of nitrogens with one attached hydrogen (secondary N) is 1. The fourth-order valence-electron chi connectivity index (χ4n) is 3.45. The number of sulfonamides is 1. The maximum Gasteiger partial charge on any atom is 0.229 e. The molecule has 2 atom stereocenters. The molecule has 0 aliphatic heterocycles. The van der Waals surface area contributed by atoms with Crippen molar-refractivity contribution in [2.24, 2.45) is 11.3 Å². The summed E-state index contributed by atoms with van der Waals surface area (Å²) in [6.07, 6.45) is 2.81. The smallest absolute Gasteiger partial charge is 0.229 e. The third-order valence-electron chi connectivity index (χ3n) is 4.97. The molecule has 0 radical (unpaired) electrons. The number of aromatic nitrogens is 1. The van der Waals surface area contributed by atoms with Crippen molar-refractivity contribution in [3.05, 3.63) is 48.2 Å². The van der Waals surface area contributed by atoms with Gasteiger partial charge in [-0.3, -0.25) is 4.72 Å². The lowest BCUT2D eigenvalue weighted by Gasteiger charge is -2.07. The first-order valence-corrected chi connectivity index (χ1v) is 10.3. The van der Waals surface area contributed by atoms with E-state index in [0.29, 0.717) is 30.0 Å². The van der Waals surface area contributed by atoms with Crippen molar-refractivity contribution in [2.45, 2.75) is 19.8 Å². The second kappa shape index (κ2) is 6.79. The zero-order chi connectivity index (χ0) is 18.9. The Labute approximate surface area is 154 Å². The summed E-state index contributed by atoms with van der Waals surface area (Å²) in [6, 6.07) is 11.2. The van der Waals surface area contributed by atoms with Crippen LogP contribution in [0.2, 0.25) is 0 Å². The average molecular weight is 376 g/mol. The van der Waals surface area contributed by atoms with Gasteiger partial charge in [-0.05, 0) is 35.1 Å². The minimum absolute atomic E-state index is 0.131. The molecule has 1 N–H and O–H groups in total. The highest BCUT2D eigenvalue weighted by Crippen LogP contribution is 2.64. The van der Waals surface area contributed by atoms with E-state index in [2.05, 4.69) is 23.6 Å². The third-order valence-corrected chi connectivity index (χ3v) is 5.58. The third kappa shape index (κ3) is 4.09. The monoisotopic (exact) mass is 376 g/mol. The molecule has 2 aromatic rings. The van der Waals surface area contributed by atoms with Gasteiger partial charge in [-0.25, -0.2) is 13.4 Å². The highest BCUT2D eigenvalue weighted by atomic mass is 32.2. The minimum Gasteiger partial charge on any atom is -0.492 e. The van der Waals surface area contributed by atoms with Gasteiger partial charge in [0.05, 0.1) is 26.2 Å². The predicted molar refractivity (Wildman–Crippen MR) is 101 cm³/mol. The van der Waals surface area contributed by atoms with Gasteiger partial charge in [-0.2, -0.15) is 0 Å². The summed E-state index contributed by atoms with van der Waals surface area (Å²) < 4.78 is 36.0. The molecular formula is C19H24N2O4S. The van der Waals surface area contributed by atoms with Gasteiger partial charge in [-0.15, -0.1) is 0 Å².